The van der Waals surface area contributed by atoms with Gasteiger partial charge in [-0.25, -0.2) is 9.37 Å². The summed E-state index contributed by atoms with van der Waals surface area (Å²) >= 11 is 0. The Kier molecular flexibility index (Phi) is 3.07. The van der Waals surface area contributed by atoms with Crippen molar-refractivity contribution in [2.24, 2.45) is 0 Å². The first-order chi connectivity index (χ1) is 10.8. The number of fused-ring (bicyclic) bond motifs is 2. The molecule has 1 aliphatic rings. The van der Waals surface area contributed by atoms with Crippen molar-refractivity contribution in [3.63, 3.8) is 0 Å². The van der Waals surface area contributed by atoms with Crippen LogP contribution in [0.3, 0.4) is 0 Å². The second-order valence-electron chi connectivity index (χ2n) is 5.11. The highest BCUT2D eigenvalue weighted by Crippen LogP contribution is 2.31. The van der Waals surface area contributed by atoms with Crippen LogP contribution in [0.1, 0.15) is 11.1 Å². The second kappa shape index (κ2) is 5.22. The summed E-state index contributed by atoms with van der Waals surface area (Å²) in [6, 6.07) is 5.00. The van der Waals surface area contributed by atoms with Gasteiger partial charge in [-0.2, -0.15) is 10.2 Å². The average molecular weight is 296 g/mol. The molecule has 1 N–H and O–H groups in total. The van der Waals surface area contributed by atoms with Gasteiger partial charge in [-0.1, -0.05) is 0 Å². The van der Waals surface area contributed by atoms with Crippen molar-refractivity contribution in [1.82, 2.24) is 15.2 Å². The molecule has 110 valence electrons. The highest BCUT2D eigenvalue weighted by Gasteiger charge is 2.19. The molecule has 6 heteroatoms. The maximum atomic E-state index is 14.1. The van der Waals surface area contributed by atoms with E-state index in [9.17, 15) is 4.39 Å². The third-order valence-corrected chi connectivity index (χ3v) is 3.85. The molecule has 0 atom stereocenters. The summed E-state index contributed by atoms with van der Waals surface area (Å²) in [7, 11) is 0. The zero-order valence-electron chi connectivity index (χ0n) is 11.7. The Hall–Kier alpha value is -2.76. The van der Waals surface area contributed by atoms with Crippen molar-refractivity contribution in [2.45, 2.75) is 13.0 Å². The van der Waals surface area contributed by atoms with Crippen LogP contribution in [0.15, 0.2) is 36.8 Å². The molecule has 0 saturated carbocycles. The number of halogens is 1. The molecule has 0 saturated heterocycles. The van der Waals surface area contributed by atoms with Crippen molar-refractivity contribution in [3.05, 3.63) is 53.7 Å². The van der Waals surface area contributed by atoms with Crippen LogP contribution in [0.2, 0.25) is 0 Å². The van der Waals surface area contributed by atoms with Crippen LogP contribution in [-0.4, -0.2) is 21.8 Å². The Morgan fingerprint density at radius 3 is 3.05 bits per heavy atom. The minimum absolute atomic E-state index is 0.225. The smallest absolute Gasteiger partial charge is 0.135 e. The maximum absolute atomic E-state index is 14.1. The van der Waals surface area contributed by atoms with E-state index >= 15 is 0 Å². The molecule has 1 aliphatic heterocycles. The van der Waals surface area contributed by atoms with Gasteiger partial charge in [0.15, 0.2) is 0 Å². The number of hydrogen-bond acceptors (Lipinski definition) is 5. The number of aromatic nitrogens is 3. The van der Waals surface area contributed by atoms with E-state index in [1.165, 1.54) is 6.07 Å². The lowest BCUT2D eigenvalue weighted by Gasteiger charge is -2.11. The predicted molar refractivity (Wildman–Crippen MR) is 80.3 cm³/mol. The molecule has 0 bridgehead atoms. The highest BCUT2D eigenvalue weighted by molar-refractivity contribution is 5.90. The first kappa shape index (κ1) is 12.9. The Bertz CT molecular complexity index is 847. The summed E-state index contributed by atoms with van der Waals surface area (Å²) in [4.78, 5) is 4.31. The molecule has 0 aliphatic carbocycles. The molecule has 0 radical (unpaired) electrons. The summed E-state index contributed by atoms with van der Waals surface area (Å²) in [6.07, 6.45) is 5.76. The molecule has 1 aromatic carbocycles. The molecule has 5 nitrogen and oxygen atoms in total. The fourth-order valence-electron chi connectivity index (χ4n) is 2.74. The molecule has 3 aromatic rings. The van der Waals surface area contributed by atoms with E-state index in [0.717, 1.165) is 28.5 Å². The van der Waals surface area contributed by atoms with Crippen molar-refractivity contribution >= 4 is 16.6 Å². The number of nitrogens with one attached hydrogen (secondary N) is 1. The fourth-order valence-corrected chi connectivity index (χ4v) is 2.74. The molecular weight excluding hydrogens is 283 g/mol. The summed E-state index contributed by atoms with van der Waals surface area (Å²) in [5.74, 6) is 1.22. The number of benzene rings is 1. The minimum Gasteiger partial charge on any atom is -0.493 e. The number of nitrogens with zero attached hydrogens (tertiary/aromatic N) is 3. The molecule has 0 fully saturated rings. The van der Waals surface area contributed by atoms with Crippen molar-refractivity contribution < 1.29 is 9.13 Å². The van der Waals surface area contributed by atoms with Gasteiger partial charge < -0.3 is 10.1 Å². The quantitative estimate of drug-likeness (QED) is 0.805. The first-order valence-electron chi connectivity index (χ1n) is 7.05. The van der Waals surface area contributed by atoms with Gasteiger partial charge in [0.2, 0.25) is 0 Å². The molecule has 4 rings (SSSR count). The maximum Gasteiger partial charge on any atom is 0.135 e. The van der Waals surface area contributed by atoms with Crippen LogP contribution in [-0.2, 0) is 13.0 Å². The zero-order valence-corrected chi connectivity index (χ0v) is 11.7. The van der Waals surface area contributed by atoms with Crippen LogP contribution < -0.4 is 10.1 Å². The number of rotatable bonds is 3. The standard InChI is InChI=1S/C16H13FN4O/c17-14-1-2-15-11(4-6-22-15)13(14)8-19-16-12-9-21-20-7-10(12)3-5-18-16/h1-3,5,7,9H,4,6,8H2,(H,18,19). The SMILES string of the molecule is Fc1ccc2c(c1CNc1nccc3cnncc13)CCO2. The van der Waals surface area contributed by atoms with Gasteiger partial charge in [0.25, 0.3) is 0 Å². The van der Waals surface area contributed by atoms with Crippen LogP contribution in [0.4, 0.5) is 10.2 Å². The van der Waals surface area contributed by atoms with E-state index in [1.54, 1.807) is 24.7 Å². The van der Waals surface area contributed by atoms with Gasteiger partial charge in [0.1, 0.15) is 17.4 Å². The summed E-state index contributed by atoms with van der Waals surface area (Å²) in [5.41, 5.74) is 1.57. The van der Waals surface area contributed by atoms with Gasteiger partial charge in [-0.05, 0) is 18.2 Å². The number of pyridine rings is 1. The monoisotopic (exact) mass is 296 g/mol. The Labute approximate surface area is 126 Å². The van der Waals surface area contributed by atoms with E-state index in [-0.39, 0.29) is 5.82 Å². The lowest BCUT2D eigenvalue weighted by Crippen LogP contribution is -2.06. The van der Waals surface area contributed by atoms with E-state index < -0.39 is 0 Å². The normalized spacial score (nSPS) is 13.0. The van der Waals surface area contributed by atoms with Gasteiger partial charge >= 0.3 is 0 Å². The Balaban J connectivity index is 1.67. The predicted octanol–water partition coefficient (Wildman–Crippen LogP) is 2.71. The fraction of sp³-hybridized carbons (Fsp3) is 0.188. The van der Waals surface area contributed by atoms with Crippen LogP contribution in [0.25, 0.3) is 10.8 Å². The molecular formula is C16H13FN4O. The van der Waals surface area contributed by atoms with E-state index in [0.29, 0.717) is 24.5 Å². The van der Waals surface area contributed by atoms with E-state index in [4.69, 9.17) is 4.74 Å². The van der Waals surface area contributed by atoms with E-state index in [2.05, 4.69) is 20.5 Å². The Morgan fingerprint density at radius 2 is 2.09 bits per heavy atom. The molecule has 0 spiro atoms. The lowest BCUT2D eigenvalue weighted by molar-refractivity contribution is 0.356. The lowest BCUT2D eigenvalue weighted by atomic mass is 10.0. The Morgan fingerprint density at radius 1 is 1.18 bits per heavy atom. The van der Waals surface area contributed by atoms with Gasteiger partial charge in [0, 0.05) is 41.1 Å². The van der Waals surface area contributed by atoms with Crippen LogP contribution >= 0.6 is 0 Å². The third-order valence-electron chi connectivity index (χ3n) is 3.85. The minimum atomic E-state index is -0.225. The van der Waals surface area contributed by atoms with E-state index in [1.807, 2.05) is 6.07 Å². The highest BCUT2D eigenvalue weighted by atomic mass is 19.1. The molecule has 3 heterocycles. The van der Waals surface area contributed by atoms with Gasteiger partial charge in [-0.15, -0.1) is 0 Å². The zero-order chi connectivity index (χ0) is 14.9. The van der Waals surface area contributed by atoms with Crippen molar-refractivity contribution in [3.8, 4) is 5.75 Å². The number of hydrogen-bond donors (Lipinski definition) is 1. The van der Waals surface area contributed by atoms with Gasteiger partial charge in [-0.3, -0.25) is 0 Å². The first-order valence-corrected chi connectivity index (χ1v) is 7.05. The summed E-state index contributed by atoms with van der Waals surface area (Å²) in [6.45, 7) is 0.959. The number of ether oxygens (including phenoxy) is 1. The number of anilines is 1. The van der Waals surface area contributed by atoms with Crippen LogP contribution in [0, 0.1) is 5.82 Å². The topological polar surface area (TPSA) is 59.9 Å². The van der Waals surface area contributed by atoms with Gasteiger partial charge in [0.05, 0.1) is 19.0 Å². The summed E-state index contributed by atoms with van der Waals surface area (Å²) < 4.78 is 19.6. The molecule has 0 unspecified atom stereocenters. The third kappa shape index (κ3) is 2.13. The molecule has 2 aromatic heterocycles. The average Bonchev–Trinajstić information content (AvgIpc) is 3.03. The molecule has 22 heavy (non-hydrogen) atoms. The summed E-state index contributed by atoms with van der Waals surface area (Å²) in [5, 5.41) is 12.7. The van der Waals surface area contributed by atoms with Crippen molar-refractivity contribution in [1.29, 1.82) is 0 Å². The molecule has 0 amide bonds. The van der Waals surface area contributed by atoms with Crippen molar-refractivity contribution in [2.75, 3.05) is 11.9 Å². The second-order valence-corrected chi connectivity index (χ2v) is 5.11. The van der Waals surface area contributed by atoms with Crippen LogP contribution in [0.5, 0.6) is 5.75 Å². The largest absolute Gasteiger partial charge is 0.493 e.